The predicted molar refractivity (Wildman–Crippen MR) is 103 cm³/mol. The summed E-state index contributed by atoms with van der Waals surface area (Å²) in [6.45, 7) is 1.08. The third-order valence-electron chi connectivity index (χ3n) is 4.97. The fraction of sp³-hybridized carbons (Fsp3) is 0.550. The Morgan fingerprint density at radius 2 is 1.96 bits per heavy atom. The van der Waals surface area contributed by atoms with E-state index in [2.05, 4.69) is 15.6 Å². The monoisotopic (exact) mass is 372 g/mol. The highest BCUT2D eigenvalue weighted by molar-refractivity contribution is 6.02. The molecule has 1 aliphatic carbocycles. The maximum Gasteiger partial charge on any atom is 0.287 e. The van der Waals surface area contributed by atoms with Crippen LogP contribution in [0.4, 0.5) is 0 Å². The molecule has 3 rings (SSSR count). The summed E-state index contributed by atoms with van der Waals surface area (Å²) in [7, 11) is 1.63. The van der Waals surface area contributed by atoms with Gasteiger partial charge in [0.05, 0.1) is 5.52 Å². The Labute approximate surface area is 159 Å². The third kappa shape index (κ3) is 4.86. The van der Waals surface area contributed by atoms with Crippen LogP contribution in [0, 0.1) is 0 Å². The van der Waals surface area contributed by atoms with Crippen molar-refractivity contribution in [3.8, 4) is 0 Å². The molecule has 0 spiro atoms. The van der Waals surface area contributed by atoms with Gasteiger partial charge < -0.3 is 15.4 Å². The molecule has 2 heterocycles. The second-order valence-corrected chi connectivity index (χ2v) is 7.00. The Morgan fingerprint density at radius 3 is 2.70 bits per heavy atom. The molecule has 2 amide bonds. The topological polar surface area (TPSA) is 84.7 Å². The highest BCUT2D eigenvalue weighted by atomic mass is 16.5. The molecule has 0 bridgehead atoms. The van der Waals surface area contributed by atoms with E-state index < -0.39 is 0 Å². The maximum absolute atomic E-state index is 12.8. The van der Waals surface area contributed by atoms with Crippen LogP contribution in [-0.4, -0.2) is 47.5 Å². The van der Waals surface area contributed by atoms with E-state index in [9.17, 15) is 9.59 Å². The number of hydrogen-bond acceptors (Lipinski definition) is 4. The molecule has 1 saturated carbocycles. The quantitative estimate of drug-likeness (QED) is 0.578. The van der Waals surface area contributed by atoms with E-state index in [0.29, 0.717) is 24.4 Å². The molecule has 146 valence electrons. The lowest BCUT2D eigenvalue weighted by Gasteiger charge is -2.15. The molecule has 2 N–H and O–H groups in total. The zero-order chi connectivity index (χ0) is 19.1. The number of pyridine rings is 1. The first-order valence-corrected chi connectivity index (χ1v) is 9.76. The number of aromatic nitrogens is 2. The summed E-state index contributed by atoms with van der Waals surface area (Å²) in [5.41, 5.74) is 0.951. The molecule has 2 aromatic rings. The summed E-state index contributed by atoms with van der Waals surface area (Å²) in [4.78, 5) is 29.7. The average Bonchev–Trinajstić information content (AvgIpc) is 2.88. The van der Waals surface area contributed by atoms with E-state index in [0.717, 1.165) is 32.1 Å². The van der Waals surface area contributed by atoms with Crippen LogP contribution >= 0.6 is 0 Å². The smallest absolute Gasteiger partial charge is 0.287 e. The fourth-order valence-electron chi connectivity index (χ4n) is 3.54. The number of rotatable bonds is 7. The van der Waals surface area contributed by atoms with Crippen molar-refractivity contribution in [2.24, 2.45) is 0 Å². The molecule has 0 radical (unpaired) electrons. The molecule has 1 aliphatic rings. The first-order valence-electron chi connectivity index (χ1n) is 9.76. The van der Waals surface area contributed by atoms with Crippen LogP contribution in [0.5, 0.6) is 0 Å². The predicted octanol–water partition coefficient (Wildman–Crippen LogP) is 2.55. The van der Waals surface area contributed by atoms with E-state index in [4.69, 9.17) is 4.74 Å². The summed E-state index contributed by atoms with van der Waals surface area (Å²) in [6.07, 6.45) is 9.23. The number of ether oxygens (including phenoxy) is 1. The number of amides is 2. The first-order chi connectivity index (χ1) is 13.2. The summed E-state index contributed by atoms with van der Waals surface area (Å²) < 4.78 is 6.67. The molecule has 7 heteroatoms. The van der Waals surface area contributed by atoms with Crippen LogP contribution in [-0.2, 0) is 4.74 Å². The van der Waals surface area contributed by atoms with Crippen LogP contribution in [0.1, 0.15) is 66.1 Å². The number of methoxy groups -OCH3 is 1. The Balaban J connectivity index is 1.77. The third-order valence-corrected chi connectivity index (χ3v) is 4.97. The molecule has 0 aromatic carbocycles. The molecular weight excluding hydrogens is 344 g/mol. The van der Waals surface area contributed by atoms with Gasteiger partial charge in [0.15, 0.2) is 5.69 Å². The second-order valence-electron chi connectivity index (χ2n) is 7.00. The molecule has 1 fully saturated rings. The van der Waals surface area contributed by atoms with Gasteiger partial charge in [-0.15, -0.1) is 0 Å². The van der Waals surface area contributed by atoms with Crippen LogP contribution in [0.15, 0.2) is 24.4 Å². The molecule has 0 aliphatic heterocycles. The van der Waals surface area contributed by atoms with Gasteiger partial charge in [0.1, 0.15) is 0 Å². The van der Waals surface area contributed by atoms with E-state index in [-0.39, 0.29) is 23.7 Å². The van der Waals surface area contributed by atoms with Crippen molar-refractivity contribution < 1.29 is 14.3 Å². The Morgan fingerprint density at radius 1 is 1.19 bits per heavy atom. The zero-order valence-electron chi connectivity index (χ0n) is 15.9. The normalized spacial score (nSPS) is 15.4. The van der Waals surface area contributed by atoms with Crippen molar-refractivity contribution >= 4 is 17.3 Å². The van der Waals surface area contributed by atoms with Crippen molar-refractivity contribution in [3.63, 3.8) is 0 Å². The second kappa shape index (κ2) is 9.50. The number of carbonyl (C=O) groups excluding carboxylic acids is 2. The van der Waals surface area contributed by atoms with Crippen molar-refractivity contribution in [2.45, 2.75) is 51.0 Å². The van der Waals surface area contributed by atoms with Gasteiger partial charge in [-0.25, -0.2) is 4.98 Å². The van der Waals surface area contributed by atoms with Gasteiger partial charge in [-0.3, -0.25) is 14.0 Å². The number of carbonyl (C=O) groups is 2. The average molecular weight is 372 g/mol. The summed E-state index contributed by atoms with van der Waals surface area (Å²) >= 11 is 0. The number of nitrogens with one attached hydrogen (secondary N) is 2. The van der Waals surface area contributed by atoms with Crippen LogP contribution < -0.4 is 10.6 Å². The minimum absolute atomic E-state index is 0.187. The minimum Gasteiger partial charge on any atom is -0.385 e. The largest absolute Gasteiger partial charge is 0.385 e. The maximum atomic E-state index is 12.8. The molecule has 0 unspecified atom stereocenters. The summed E-state index contributed by atoms with van der Waals surface area (Å²) in [5, 5.41) is 5.95. The van der Waals surface area contributed by atoms with Gasteiger partial charge in [0.25, 0.3) is 11.8 Å². The van der Waals surface area contributed by atoms with Gasteiger partial charge >= 0.3 is 0 Å². The lowest BCUT2D eigenvalue weighted by molar-refractivity contribution is 0.0930. The lowest BCUT2D eigenvalue weighted by Crippen LogP contribution is -2.34. The number of nitrogens with zero attached hydrogens (tertiary/aromatic N) is 2. The van der Waals surface area contributed by atoms with Crippen LogP contribution in [0.2, 0.25) is 0 Å². The molecule has 7 nitrogen and oxygen atoms in total. The van der Waals surface area contributed by atoms with Crippen molar-refractivity contribution in [2.75, 3.05) is 20.3 Å². The van der Waals surface area contributed by atoms with Crippen molar-refractivity contribution in [1.29, 1.82) is 0 Å². The van der Waals surface area contributed by atoms with Gasteiger partial charge in [0, 0.05) is 32.5 Å². The minimum atomic E-state index is -0.291. The summed E-state index contributed by atoms with van der Waals surface area (Å²) in [6, 6.07) is 5.67. The fourth-order valence-corrected chi connectivity index (χ4v) is 3.54. The Hall–Kier alpha value is -2.41. The number of fused-ring (bicyclic) bond motifs is 1. The lowest BCUT2D eigenvalue weighted by atomic mass is 10.1. The summed E-state index contributed by atoms with van der Waals surface area (Å²) in [5.74, 6) is -0.265. The standard InChI is InChI=1S/C20H28N4O3/c1-27-14-8-12-21-20(26)18-23-17(16-11-6-7-13-24(16)18)19(25)22-15-9-4-2-3-5-10-15/h6-7,11,13,15H,2-5,8-10,12,14H2,1H3,(H,21,26)(H,22,25). The van der Waals surface area contributed by atoms with Gasteiger partial charge in [-0.1, -0.05) is 31.7 Å². The van der Waals surface area contributed by atoms with E-state index >= 15 is 0 Å². The molecular formula is C20H28N4O3. The first kappa shape index (κ1) is 19.4. The Bertz CT molecular complexity index is 779. The number of imidazole rings is 1. The highest BCUT2D eigenvalue weighted by Gasteiger charge is 2.23. The van der Waals surface area contributed by atoms with Crippen molar-refractivity contribution in [1.82, 2.24) is 20.0 Å². The zero-order valence-corrected chi connectivity index (χ0v) is 15.9. The van der Waals surface area contributed by atoms with E-state index in [1.54, 1.807) is 17.7 Å². The van der Waals surface area contributed by atoms with E-state index in [1.807, 2.05) is 18.2 Å². The molecule has 0 atom stereocenters. The number of hydrogen-bond donors (Lipinski definition) is 2. The van der Waals surface area contributed by atoms with Crippen LogP contribution in [0.3, 0.4) is 0 Å². The SMILES string of the molecule is COCCCNC(=O)c1nc(C(=O)NC2CCCCCC2)c2ccccn12. The molecule has 2 aromatic heterocycles. The molecule has 27 heavy (non-hydrogen) atoms. The van der Waals surface area contributed by atoms with Gasteiger partial charge in [-0.05, 0) is 31.4 Å². The van der Waals surface area contributed by atoms with Gasteiger partial charge in [-0.2, -0.15) is 0 Å². The van der Waals surface area contributed by atoms with Gasteiger partial charge in [0.2, 0.25) is 5.82 Å². The molecule has 0 saturated heterocycles. The van der Waals surface area contributed by atoms with Crippen LogP contribution in [0.25, 0.3) is 5.52 Å². The van der Waals surface area contributed by atoms with E-state index in [1.165, 1.54) is 12.8 Å². The van der Waals surface area contributed by atoms with Crippen molar-refractivity contribution in [3.05, 3.63) is 35.9 Å². The highest BCUT2D eigenvalue weighted by Crippen LogP contribution is 2.19. The Kier molecular flexibility index (Phi) is 6.81.